The number of fused-ring (bicyclic) bond motifs is 1. The van der Waals surface area contributed by atoms with Crippen LogP contribution in [-0.4, -0.2) is 22.5 Å². The molecule has 4 N–H and O–H groups in total. The third kappa shape index (κ3) is 2.69. The molecule has 0 saturated carbocycles. The first-order chi connectivity index (χ1) is 11.4. The summed E-state index contributed by atoms with van der Waals surface area (Å²) >= 11 is 0. The first kappa shape index (κ1) is 15.9. The Morgan fingerprint density at radius 2 is 2.04 bits per heavy atom. The molecule has 2 aromatic rings. The van der Waals surface area contributed by atoms with E-state index >= 15 is 0 Å². The number of aliphatic hydroxyl groups is 1. The van der Waals surface area contributed by atoms with Gasteiger partial charge < -0.3 is 16.2 Å². The molecule has 24 heavy (non-hydrogen) atoms. The fraction of sp³-hybridized carbons (Fsp3) is 0.235. The molecule has 0 spiro atoms. The lowest BCUT2D eigenvalue weighted by atomic mass is 9.96. The van der Waals surface area contributed by atoms with Crippen molar-refractivity contribution in [3.8, 4) is 0 Å². The predicted molar refractivity (Wildman–Crippen MR) is 88.5 cm³/mol. The highest BCUT2D eigenvalue weighted by molar-refractivity contribution is 6.01. The number of hydrogen-bond acceptors (Lipinski definition) is 5. The highest BCUT2D eigenvalue weighted by Gasteiger charge is 2.36. The van der Waals surface area contributed by atoms with Crippen LogP contribution in [0.2, 0.25) is 0 Å². The van der Waals surface area contributed by atoms with E-state index in [1.54, 1.807) is 0 Å². The van der Waals surface area contributed by atoms with Crippen LogP contribution in [0.1, 0.15) is 27.9 Å². The van der Waals surface area contributed by atoms with Crippen LogP contribution < -0.4 is 11.1 Å². The van der Waals surface area contributed by atoms with Gasteiger partial charge in [0.2, 0.25) is 0 Å². The number of rotatable bonds is 4. The van der Waals surface area contributed by atoms with Gasteiger partial charge in [-0.1, -0.05) is 30.3 Å². The van der Waals surface area contributed by atoms with Crippen molar-refractivity contribution < 1.29 is 14.8 Å². The topological polar surface area (TPSA) is 118 Å². The minimum absolute atomic E-state index is 0.0188. The molecule has 7 nitrogen and oxygen atoms in total. The van der Waals surface area contributed by atoms with Crippen LogP contribution in [0.5, 0.6) is 0 Å². The van der Waals surface area contributed by atoms with E-state index in [2.05, 4.69) is 5.32 Å². The maximum Gasteiger partial charge on any atom is 0.292 e. The molecule has 7 heteroatoms. The molecule has 124 valence electrons. The number of carbonyl (C=O) groups is 1. The molecule has 0 bridgehead atoms. The van der Waals surface area contributed by atoms with Crippen LogP contribution >= 0.6 is 0 Å². The summed E-state index contributed by atoms with van der Waals surface area (Å²) in [5.74, 6) is -0.547. The van der Waals surface area contributed by atoms with Crippen molar-refractivity contribution in [3.63, 3.8) is 0 Å². The Morgan fingerprint density at radius 1 is 1.29 bits per heavy atom. The summed E-state index contributed by atoms with van der Waals surface area (Å²) in [5, 5.41) is 24.3. The van der Waals surface area contributed by atoms with Crippen molar-refractivity contribution in [1.29, 1.82) is 0 Å². The van der Waals surface area contributed by atoms with Crippen LogP contribution in [0, 0.1) is 10.1 Å². The van der Waals surface area contributed by atoms with E-state index in [1.807, 2.05) is 24.3 Å². The van der Waals surface area contributed by atoms with Gasteiger partial charge in [-0.3, -0.25) is 14.9 Å². The molecule has 0 aliphatic heterocycles. The standard InChI is InChI=1S/C17H17N3O4/c18-15-12(5-3-7-14(15)20(23)24)16(21)19-10-17(22)9-8-11-4-1-2-6-13(11)17/h1-7,22H,8-10,18H2,(H,19,21). The van der Waals surface area contributed by atoms with Crippen LogP contribution in [0.4, 0.5) is 11.4 Å². The monoisotopic (exact) mass is 327 g/mol. The molecule has 1 amide bonds. The third-order valence-electron chi connectivity index (χ3n) is 4.39. The second-order valence-electron chi connectivity index (χ2n) is 5.87. The number of anilines is 1. The molecule has 0 radical (unpaired) electrons. The Bertz CT molecular complexity index is 821. The van der Waals surface area contributed by atoms with E-state index in [4.69, 9.17) is 5.73 Å². The Kier molecular flexibility index (Phi) is 3.94. The van der Waals surface area contributed by atoms with Crippen LogP contribution in [0.15, 0.2) is 42.5 Å². The molecule has 0 fully saturated rings. The summed E-state index contributed by atoms with van der Waals surface area (Å²) in [5.41, 5.74) is 5.97. The number of aryl methyl sites for hydroxylation is 1. The summed E-state index contributed by atoms with van der Waals surface area (Å²) in [6.07, 6.45) is 1.25. The largest absolute Gasteiger partial charge is 0.393 e. The zero-order chi connectivity index (χ0) is 17.3. The van der Waals surface area contributed by atoms with Crippen molar-refractivity contribution in [2.24, 2.45) is 0 Å². The van der Waals surface area contributed by atoms with Gasteiger partial charge in [-0.05, 0) is 30.0 Å². The third-order valence-corrected chi connectivity index (χ3v) is 4.39. The lowest BCUT2D eigenvalue weighted by Crippen LogP contribution is -2.39. The molecule has 0 aromatic heterocycles. The van der Waals surface area contributed by atoms with Gasteiger partial charge in [0, 0.05) is 6.07 Å². The number of nitro benzene ring substituents is 1. The number of para-hydroxylation sites is 1. The molecule has 1 aliphatic carbocycles. The Hall–Kier alpha value is -2.93. The second kappa shape index (κ2) is 5.93. The van der Waals surface area contributed by atoms with Crippen LogP contribution in [-0.2, 0) is 12.0 Å². The molecule has 2 aromatic carbocycles. The van der Waals surface area contributed by atoms with E-state index in [-0.39, 0.29) is 23.5 Å². The molecule has 1 unspecified atom stereocenters. The summed E-state index contributed by atoms with van der Waals surface area (Å²) in [6, 6.07) is 11.6. The van der Waals surface area contributed by atoms with E-state index in [0.29, 0.717) is 6.42 Å². The number of nitrogens with two attached hydrogens (primary N) is 1. The highest BCUT2D eigenvalue weighted by Crippen LogP contribution is 2.36. The Labute approximate surface area is 138 Å². The van der Waals surface area contributed by atoms with Crippen LogP contribution in [0.3, 0.4) is 0 Å². The van der Waals surface area contributed by atoms with Gasteiger partial charge in [-0.2, -0.15) is 0 Å². The number of benzene rings is 2. The summed E-state index contributed by atoms with van der Waals surface area (Å²) in [6.45, 7) is 0.0188. The molecular weight excluding hydrogens is 310 g/mol. The first-order valence-corrected chi connectivity index (χ1v) is 7.54. The molecular formula is C17H17N3O4. The van der Waals surface area contributed by atoms with E-state index in [0.717, 1.165) is 17.5 Å². The maximum absolute atomic E-state index is 12.3. The molecule has 0 saturated heterocycles. The Balaban J connectivity index is 1.78. The fourth-order valence-electron chi connectivity index (χ4n) is 3.08. The van der Waals surface area contributed by atoms with Crippen molar-refractivity contribution >= 4 is 17.3 Å². The number of nitrogens with one attached hydrogen (secondary N) is 1. The number of nitro groups is 1. The average Bonchev–Trinajstić information content (AvgIpc) is 2.91. The van der Waals surface area contributed by atoms with Crippen molar-refractivity contribution in [2.75, 3.05) is 12.3 Å². The van der Waals surface area contributed by atoms with Gasteiger partial charge in [0.1, 0.15) is 11.3 Å². The zero-order valence-corrected chi connectivity index (χ0v) is 12.9. The normalized spacial score (nSPS) is 18.9. The summed E-state index contributed by atoms with van der Waals surface area (Å²) in [4.78, 5) is 22.6. The highest BCUT2D eigenvalue weighted by atomic mass is 16.6. The number of hydrogen-bond donors (Lipinski definition) is 3. The number of carbonyl (C=O) groups excluding carboxylic acids is 1. The van der Waals surface area contributed by atoms with Gasteiger partial charge in [0.25, 0.3) is 11.6 Å². The first-order valence-electron chi connectivity index (χ1n) is 7.54. The summed E-state index contributed by atoms with van der Waals surface area (Å²) < 4.78 is 0. The van der Waals surface area contributed by atoms with Crippen molar-refractivity contribution in [1.82, 2.24) is 5.32 Å². The molecule has 3 rings (SSSR count). The number of nitrogen functional groups attached to an aromatic ring is 1. The lowest BCUT2D eigenvalue weighted by molar-refractivity contribution is -0.383. The van der Waals surface area contributed by atoms with Crippen molar-refractivity contribution in [2.45, 2.75) is 18.4 Å². The smallest absolute Gasteiger partial charge is 0.292 e. The minimum Gasteiger partial charge on any atom is -0.393 e. The predicted octanol–water partition coefficient (Wildman–Crippen LogP) is 1.74. The Morgan fingerprint density at radius 3 is 2.79 bits per heavy atom. The van der Waals surface area contributed by atoms with Crippen LogP contribution in [0.25, 0.3) is 0 Å². The SMILES string of the molecule is Nc1c(C(=O)NCC2(O)CCc3ccccc32)cccc1[N+](=O)[O-]. The second-order valence-corrected chi connectivity index (χ2v) is 5.87. The molecule has 1 aliphatic rings. The summed E-state index contributed by atoms with van der Waals surface area (Å²) in [7, 11) is 0. The van der Waals surface area contributed by atoms with Gasteiger partial charge in [-0.15, -0.1) is 0 Å². The van der Waals surface area contributed by atoms with E-state index in [1.165, 1.54) is 18.2 Å². The number of nitrogens with zero attached hydrogens (tertiary/aromatic N) is 1. The number of amides is 1. The van der Waals surface area contributed by atoms with Gasteiger partial charge in [0.05, 0.1) is 17.0 Å². The average molecular weight is 327 g/mol. The molecule has 1 atom stereocenters. The zero-order valence-electron chi connectivity index (χ0n) is 12.9. The van der Waals surface area contributed by atoms with Gasteiger partial charge in [0.15, 0.2) is 0 Å². The fourth-order valence-corrected chi connectivity index (χ4v) is 3.08. The van der Waals surface area contributed by atoms with E-state index in [9.17, 15) is 20.0 Å². The maximum atomic E-state index is 12.3. The quantitative estimate of drug-likeness (QED) is 0.449. The van der Waals surface area contributed by atoms with Gasteiger partial charge in [-0.25, -0.2) is 0 Å². The van der Waals surface area contributed by atoms with Gasteiger partial charge >= 0.3 is 0 Å². The minimum atomic E-state index is -1.14. The lowest BCUT2D eigenvalue weighted by Gasteiger charge is -2.24. The molecule has 0 heterocycles. The van der Waals surface area contributed by atoms with Crippen molar-refractivity contribution in [3.05, 3.63) is 69.3 Å². The van der Waals surface area contributed by atoms with E-state index < -0.39 is 16.4 Å².